The van der Waals surface area contributed by atoms with Gasteiger partial charge in [-0.2, -0.15) is 0 Å². The number of ether oxygens (including phenoxy) is 2. The van der Waals surface area contributed by atoms with Gasteiger partial charge in [0.05, 0.1) is 18.3 Å². The quantitative estimate of drug-likeness (QED) is 0.828. The average molecular weight is 238 g/mol. The molecule has 1 aromatic carbocycles. The topological polar surface area (TPSA) is 38.7 Å². The minimum Gasteiger partial charge on any atom is -0.491 e. The summed E-state index contributed by atoms with van der Waals surface area (Å²) in [6, 6.07) is 7.58. The summed E-state index contributed by atoms with van der Waals surface area (Å²) in [6.07, 6.45) is 0.252. The van der Waals surface area contributed by atoms with Gasteiger partial charge in [0.2, 0.25) is 0 Å². The van der Waals surface area contributed by atoms with Gasteiger partial charge in [0.1, 0.15) is 5.75 Å². The van der Waals surface area contributed by atoms with Crippen molar-refractivity contribution in [2.75, 3.05) is 7.11 Å². The van der Waals surface area contributed by atoms with Gasteiger partial charge in [-0.25, -0.2) is 0 Å². The Balaban J connectivity index is 2.70. The molecule has 0 aliphatic rings. The van der Waals surface area contributed by atoms with Crippen LogP contribution >= 0.6 is 0 Å². The molecular formula is C14H22O3. The lowest BCUT2D eigenvalue weighted by molar-refractivity contribution is 0.0558. The maximum absolute atomic E-state index is 10.0. The molecular weight excluding hydrogens is 216 g/mol. The van der Waals surface area contributed by atoms with Crippen LogP contribution in [0.5, 0.6) is 5.75 Å². The molecule has 0 aliphatic carbocycles. The van der Waals surface area contributed by atoms with Crippen LogP contribution in [0.1, 0.15) is 38.9 Å². The van der Waals surface area contributed by atoms with Crippen molar-refractivity contribution in [2.45, 2.75) is 45.5 Å². The molecule has 17 heavy (non-hydrogen) atoms. The van der Waals surface area contributed by atoms with Crippen molar-refractivity contribution >= 4 is 0 Å². The molecule has 1 N–H and O–H groups in total. The predicted molar refractivity (Wildman–Crippen MR) is 68.3 cm³/mol. The minimum absolute atomic E-state index is 0.0414. The number of benzene rings is 1. The van der Waals surface area contributed by atoms with Crippen molar-refractivity contribution in [3.05, 3.63) is 29.8 Å². The van der Waals surface area contributed by atoms with Crippen molar-refractivity contribution in [1.82, 2.24) is 0 Å². The van der Waals surface area contributed by atoms with E-state index in [-0.39, 0.29) is 12.2 Å². The van der Waals surface area contributed by atoms with Gasteiger partial charge < -0.3 is 14.6 Å². The Bertz CT molecular complexity index is 336. The van der Waals surface area contributed by atoms with E-state index in [1.165, 1.54) is 0 Å². The van der Waals surface area contributed by atoms with Crippen molar-refractivity contribution in [3.63, 3.8) is 0 Å². The highest BCUT2D eigenvalue weighted by Crippen LogP contribution is 2.23. The van der Waals surface area contributed by atoms with Crippen LogP contribution in [-0.4, -0.2) is 24.4 Å². The summed E-state index contributed by atoms with van der Waals surface area (Å²) in [7, 11) is 1.65. The fraction of sp³-hybridized carbons (Fsp3) is 0.571. The van der Waals surface area contributed by atoms with Gasteiger partial charge in [-0.3, -0.25) is 0 Å². The molecule has 1 rings (SSSR count). The van der Waals surface area contributed by atoms with Gasteiger partial charge >= 0.3 is 0 Å². The lowest BCUT2D eigenvalue weighted by Crippen LogP contribution is -2.11. The van der Waals surface area contributed by atoms with Crippen LogP contribution in [-0.2, 0) is 4.74 Å². The molecule has 0 spiro atoms. The Hall–Kier alpha value is -1.06. The zero-order chi connectivity index (χ0) is 12.8. The van der Waals surface area contributed by atoms with E-state index in [4.69, 9.17) is 9.47 Å². The van der Waals surface area contributed by atoms with Gasteiger partial charge in [0.25, 0.3) is 0 Å². The second-order valence-electron chi connectivity index (χ2n) is 4.54. The number of methoxy groups -OCH3 is 1. The van der Waals surface area contributed by atoms with Gasteiger partial charge in [0, 0.05) is 13.5 Å². The number of hydrogen-bond donors (Lipinski definition) is 1. The van der Waals surface area contributed by atoms with Crippen molar-refractivity contribution < 1.29 is 14.6 Å². The van der Waals surface area contributed by atoms with Crippen LogP contribution in [0.15, 0.2) is 24.3 Å². The highest BCUT2D eigenvalue weighted by molar-refractivity contribution is 5.30. The number of aliphatic hydroxyl groups is 1. The third kappa shape index (κ3) is 4.75. The van der Waals surface area contributed by atoms with E-state index in [0.717, 1.165) is 11.3 Å². The van der Waals surface area contributed by atoms with Gasteiger partial charge in [-0.15, -0.1) is 0 Å². The minimum atomic E-state index is -0.513. The molecule has 2 unspecified atom stereocenters. The van der Waals surface area contributed by atoms with Crippen LogP contribution in [0.4, 0.5) is 0 Å². The Morgan fingerprint density at radius 2 is 1.94 bits per heavy atom. The van der Waals surface area contributed by atoms with Crippen molar-refractivity contribution in [1.29, 1.82) is 0 Å². The lowest BCUT2D eigenvalue weighted by Gasteiger charge is -2.17. The van der Waals surface area contributed by atoms with Gasteiger partial charge in [0.15, 0.2) is 0 Å². The smallest absolute Gasteiger partial charge is 0.120 e. The highest BCUT2D eigenvalue weighted by Gasteiger charge is 2.12. The van der Waals surface area contributed by atoms with E-state index >= 15 is 0 Å². The van der Waals surface area contributed by atoms with E-state index in [1.807, 2.05) is 45.0 Å². The summed E-state index contributed by atoms with van der Waals surface area (Å²) in [5.41, 5.74) is 0.868. The van der Waals surface area contributed by atoms with E-state index in [0.29, 0.717) is 6.42 Å². The molecule has 3 nitrogen and oxygen atoms in total. The van der Waals surface area contributed by atoms with Crippen LogP contribution in [0.2, 0.25) is 0 Å². The first kappa shape index (κ1) is 14.0. The van der Waals surface area contributed by atoms with Crippen LogP contribution in [0, 0.1) is 0 Å². The third-order valence-corrected chi connectivity index (χ3v) is 2.57. The first-order chi connectivity index (χ1) is 8.02. The summed E-state index contributed by atoms with van der Waals surface area (Å²) >= 11 is 0. The second-order valence-corrected chi connectivity index (χ2v) is 4.54. The summed E-state index contributed by atoms with van der Waals surface area (Å²) in [5.74, 6) is 0.793. The fourth-order valence-corrected chi connectivity index (χ4v) is 1.61. The molecule has 0 amide bonds. The SMILES string of the molecule is COC(C)CC(O)c1cccc(OC(C)C)c1. The number of hydrogen-bond acceptors (Lipinski definition) is 3. The molecule has 0 radical (unpaired) electrons. The molecule has 0 aromatic heterocycles. The zero-order valence-electron chi connectivity index (χ0n) is 11.0. The van der Waals surface area contributed by atoms with E-state index in [1.54, 1.807) is 7.11 Å². The molecule has 96 valence electrons. The Morgan fingerprint density at radius 1 is 1.24 bits per heavy atom. The molecule has 0 bridgehead atoms. The van der Waals surface area contributed by atoms with E-state index < -0.39 is 6.10 Å². The molecule has 0 saturated heterocycles. The Kier molecular flexibility index (Phi) is 5.45. The van der Waals surface area contributed by atoms with Crippen LogP contribution < -0.4 is 4.74 Å². The van der Waals surface area contributed by atoms with E-state index in [2.05, 4.69) is 0 Å². The lowest BCUT2D eigenvalue weighted by atomic mass is 10.0. The van der Waals surface area contributed by atoms with Crippen LogP contribution in [0.25, 0.3) is 0 Å². The first-order valence-corrected chi connectivity index (χ1v) is 6.00. The molecule has 0 fully saturated rings. The molecule has 0 heterocycles. The Labute approximate surface area is 103 Å². The highest BCUT2D eigenvalue weighted by atomic mass is 16.5. The monoisotopic (exact) mass is 238 g/mol. The maximum Gasteiger partial charge on any atom is 0.120 e. The van der Waals surface area contributed by atoms with E-state index in [9.17, 15) is 5.11 Å². The molecule has 0 aliphatic heterocycles. The summed E-state index contributed by atoms with van der Waals surface area (Å²) < 4.78 is 10.7. The predicted octanol–water partition coefficient (Wildman–Crippen LogP) is 2.93. The second kappa shape index (κ2) is 6.62. The molecule has 0 saturated carbocycles. The first-order valence-electron chi connectivity index (χ1n) is 6.00. The largest absolute Gasteiger partial charge is 0.491 e. The van der Waals surface area contributed by atoms with Gasteiger partial charge in [-0.1, -0.05) is 12.1 Å². The van der Waals surface area contributed by atoms with Crippen LogP contribution in [0.3, 0.4) is 0 Å². The average Bonchev–Trinajstić information content (AvgIpc) is 2.28. The molecule has 2 atom stereocenters. The number of rotatable bonds is 6. The Morgan fingerprint density at radius 3 is 2.53 bits per heavy atom. The van der Waals surface area contributed by atoms with Crippen molar-refractivity contribution in [3.8, 4) is 5.75 Å². The van der Waals surface area contributed by atoms with Gasteiger partial charge in [-0.05, 0) is 38.5 Å². The zero-order valence-corrected chi connectivity index (χ0v) is 11.0. The molecule has 1 aromatic rings. The summed E-state index contributed by atoms with van der Waals surface area (Å²) in [6.45, 7) is 5.91. The fourth-order valence-electron chi connectivity index (χ4n) is 1.61. The normalized spacial score (nSPS) is 14.7. The number of aliphatic hydroxyl groups excluding tert-OH is 1. The summed E-state index contributed by atoms with van der Waals surface area (Å²) in [5, 5.41) is 10.0. The maximum atomic E-state index is 10.0. The third-order valence-electron chi connectivity index (χ3n) is 2.57. The van der Waals surface area contributed by atoms with Crippen molar-refractivity contribution in [2.24, 2.45) is 0 Å². The summed E-state index contributed by atoms with van der Waals surface area (Å²) in [4.78, 5) is 0. The standard InChI is InChI=1S/C14H22O3/c1-10(2)17-13-7-5-6-12(9-13)14(15)8-11(3)16-4/h5-7,9-11,14-15H,8H2,1-4H3. The molecule has 3 heteroatoms.